The number of carbonyl (C=O) groups is 1. The Labute approximate surface area is 156 Å². The van der Waals surface area contributed by atoms with E-state index in [1.807, 2.05) is 37.3 Å². The third-order valence-electron chi connectivity index (χ3n) is 4.11. The Morgan fingerprint density at radius 3 is 2.41 bits per heavy atom. The number of nitrogens with one attached hydrogen (secondary N) is 1. The van der Waals surface area contributed by atoms with Crippen LogP contribution in [0.4, 0.5) is 20.3 Å². The van der Waals surface area contributed by atoms with E-state index < -0.39 is 11.6 Å². The number of amides is 1. The molecular weight excluding hydrogens is 348 g/mol. The van der Waals surface area contributed by atoms with Gasteiger partial charge in [-0.05, 0) is 36.8 Å². The Kier molecular flexibility index (Phi) is 5.76. The lowest BCUT2D eigenvalue weighted by atomic mass is 10.1. The molecule has 3 aromatic rings. The molecule has 4 nitrogen and oxygen atoms in total. The first-order valence-corrected chi connectivity index (χ1v) is 8.58. The van der Waals surface area contributed by atoms with Crippen molar-refractivity contribution >= 4 is 17.4 Å². The van der Waals surface area contributed by atoms with Gasteiger partial charge in [-0.1, -0.05) is 36.4 Å². The minimum Gasteiger partial charge on any atom is -0.335 e. The molecule has 0 spiro atoms. The summed E-state index contributed by atoms with van der Waals surface area (Å²) in [5.41, 5.74) is 1.11. The van der Waals surface area contributed by atoms with Gasteiger partial charge in [0.2, 0.25) is 0 Å². The molecule has 1 aromatic heterocycles. The number of carbonyl (C=O) groups excluding carboxylic acids is 1. The van der Waals surface area contributed by atoms with Gasteiger partial charge >= 0.3 is 0 Å². The highest BCUT2D eigenvalue weighted by atomic mass is 19.1. The van der Waals surface area contributed by atoms with Crippen molar-refractivity contribution in [3.05, 3.63) is 89.6 Å². The molecule has 0 fully saturated rings. The first-order valence-electron chi connectivity index (χ1n) is 8.58. The molecule has 1 heterocycles. The quantitative estimate of drug-likeness (QED) is 0.683. The second kappa shape index (κ2) is 8.40. The summed E-state index contributed by atoms with van der Waals surface area (Å²) < 4.78 is 27.6. The summed E-state index contributed by atoms with van der Waals surface area (Å²) in [7, 11) is 0. The van der Waals surface area contributed by atoms with Crippen LogP contribution in [-0.4, -0.2) is 22.3 Å². The van der Waals surface area contributed by atoms with Crippen LogP contribution < -0.4 is 5.32 Å². The fourth-order valence-corrected chi connectivity index (χ4v) is 2.69. The van der Waals surface area contributed by atoms with Crippen molar-refractivity contribution in [1.82, 2.24) is 9.88 Å². The second-order valence-corrected chi connectivity index (χ2v) is 5.96. The predicted molar refractivity (Wildman–Crippen MR) is 101 cm³/mol. The number of pyridine rings is 1. The van der Waals surface area contributed by atoms with Crippen molar-refractivity contribution in [2.45, 2.75) is 13.5 Å². The molecule has 0 saturated heterocycles. The van der Waals surface area contributed by atoms with Gasteiger partial charge in [0.05, 0.1) is 0 Å². The Bertz CT molecular complexity index is 911. The first kappa shape index (κ1) is 18.5. The zero-order valence-corrected chi connectivity index (χ0v) is 14.8. The Morgan fingerprint density at radius 2 is 1.74 bits per heavy atom. The van der Waals surface area contributed by atoms with E-state index in [0.29, 0.717) is 18.7 Å². The van der Waals surface area contributed by atoms with Crippen LogP contribution in [0.3, 0.4) is 0 Å². The van der Waals surface area contributed by atoms with Gasteiger partial charge in [-0.15, -0.1) is 0 Å². The fraction of sp³-hybridized carbons (Fsp3) is 0.143. The number of aromatic nitrogens is 1. The maximum atomic E-state index is 13.8. The molecule has 0 saturated carbocycles. The lowest BCUT2D eigenvalue weighted by Crippen LogP contribution is -2.30. The predicted octanol–water partition coefficient (Wildman–Crippen LogP) is 4.77. The third kappa shape index (κ3) is 4.47. The van der Waals surface area contributed by atoms with Gasteiger partial charge in [0.1, 0.15) is 23.1 Å². The Morgan fingerprint density at radius 1 is 1.04 bits per heavy atom. The van der Waals surface area contributed by atoms with Crippen LogP contribution in [0.5, 0.6) is 0 Å². The highest BCUT2D eigenvalue weighted by Crippen LogP contribution is 2.22. The standard InChI is InChI=1S/C21H19F2N3O/c1-2-26(14-15-7-4-3-5-8-15)21(27)16-11-12-24-19(13-16)25-20-17(22)9-6-10-18(20)23/h3-13H,2,14H2,1H3,(H,24,25). The fourth-order valence-electron chi connectivity index (χ4n) is 2.69. The van der Waals surface area contributed by atoms with Crippen LogP contribution in [0.1, 0.15) is 22.8 Å². The number of para-hydroxylation sites is 1. The van der Waals surface area contributed by atoms with Gasteiger partial charge in [-0.2, -0.15) is 0 Å². The third-order valence-corrected chi connectivity index (χ3v) is 4.11. The van der Waals surface area contributed by atoms with Crippen LogP contribution in [0, 0.1) is 11.6 Å². The maximum Gasteiger partial charge on any atom is 0.254 e. The van der Waals surface area contributed by atoms with Crippen LogP contribution in [0.25, 0.3) is 0 Å². The molecule has 0 bridgehead atoms. The van der Waals surface area contributed by atoms with Gasteiger partial charge in [0, 0.05) is 24.8 Å². The lowest BCUT2D eigenvalue weighted by molar-refractivity contribution is 0.0752. The van der Waals surface area contributed by atoms with E-state index in [0.717, 1.165) is 17.7 Å². The summed E-state index contributed by atoms with van der Waals surface area (Å²) in [6, 6.07) is 16.3. The van der Waals surface area contributed by atoms with Crippen molar-refractivity contribution < 1.29 is 13.6 Å². The molecule has 0 aliphatic rings. The zero-order valence-electron chi connectivity index (χ0n) is 14.8. The highest BCUT2D eigenvalue weighted by molar-refractivity contribution is 5.95. The summed E-state index contributed by atoms with van der Waals surface area (Å²) in [5.74, 6) is -1.44. The maximum absolute atomic E-state index is 13.8. The average molecular weight is 367 g/mol. The SMILES string of the molecule is CCN(Cc1ccccc1)C(=O)c1ccnc(Nc2c(F)cccc2F)c1. The van der Waals surface area contributed by atoms with E-state index in [1.54, 1.807) is 11.0 Å². The van der Waals surface area contributed by atoms with Gasteiger partial charge in [-0.25, -0.2) is 13.8 Å². The summed E-state index contributed by atoms with van der Waals surface area (Å²) in [6.45, 7) is 2.90. The molecule has 27 heavy (non-hydrogen) atoms. The minimum atomic E-state index is -0.729. The lowest BCUT2D eigenvalue weighted by Gasteiger charge is -2.21. The molecule has 0 atom stereocenters. The molecule has 1 amide bonds. The summed E-state index contributed by atoms with van der Waals surface area (Å²) in [6.07, 6.45) is 1.44. The molecule has 6 heteroatoms. The number of nitrogens with zero attached hydrogens (tertiary/aromatic N) is 2. The molecule has 3 rings (SSSR count). The second-order valence-electron chi connectivity index (χ2n) is 5.96. The Balaban J connectivity index is 1.80. The topological polar surface area (TPSA) is 45.2 Å². The number of hydrogen-bond acceptors (Lipinski definition) is 3. The van der Waals surface area contributed by atoms with E-state index >= 15 is 0 Å². The average Bonchev–Trinajstić information content (AvgIpc) is 2.69. The summed E-state index contributed by atoms with van der Waals surface area (Å²) in [5, 5.41) is 2.61. The molecular formula is C21H19F2N3O. The molecule has 0 aliphatic carbocycles. The monoisotopic (exact) mass is 367 g/mol. The van der Waals surface area contributed by atoms with E-state index in [1.165, 1.54) is 18.3 Å². The molecule has 2 aromatic carbocycles. The van der Waals surface area contributed by atoms with Crippen LogP contribution >= 0.6 is 0 Å². The normalized spacial score (nSPS) is 10.5. The summed E-state index contributed by atoms with van der Waals surface area (Å²) in [4.78, 5) is 18.6. The minimum absolute atomic E-state index is 0.180. The van der Waals surface area contributed by atoms with Gasteiger partial charge < -0.3 is 10.2 Å². The van der Waals surface area contributed by atoms with Crippen LogP contribution in [0.15, 0.2) is 66.9 Å². The largest absolute Gasteiger partial charge is 0.335 e. The van der Waals surface area contributed by atoms with E-state index in [9.17, 15) is 13.6 Å². The van der Waals surface area contributed by atoms with E-state index in [-0.39, 0.29) is 17.4 Å². The Hall–Kier alpha value is -3.28. The van der Waals surface area contributed by atoms with Crippen molar-refractivity contribution in [3.63, 3.8) is 0 Å². The smallest absolute Gasteiger partial charge is 0.254 e. The molecule has 0 unspecified atom stereocenters. The van der Waals surface area contributed by atoms with Gasteiger partial charge in [0.25, 0.3) is 5.91 Å². The zero-order chi connectivity index (χ0) is 19.2. The van der Waals surface area contributed by atoms with Crippen molar-refractivity contribution in [2.75, 3.05) is 11.9 Å². The molecule has 0 aliphatic heterocycles. The summed E-state index contributed by atoms with van der Waals surface area (Å²) >= 11 is 0. The first-order chi connectivity index (χ1) is 13.1. The van der Waals surface area contributed by atoms with E-state index in [2.05, 4.69) is 10.3 Å². The molecule has 138 valence electrons. The number of anilines is 2. The number of hydrogen-bond donors (Lipinski definition) is 1. The van der Waals surface area contributed by atoms with Crippen molar-refractivity contribution in [2.24, 2.45) is 0 Å². The number of halogens is 2. The number of benzene rings is 2. The van der Waals surface area contributed by atoms with E-state index in [4.69, 9.17) is 0 Å². The highest BCUT2D eigenvalue weighted by Gasteiger charge is 2.16. The van der Waals surface area contributed by atoms with Crippen molar-refractivity contribution in [1.29, 1.82) is 0 Å². The van der Waals surface area contributed by atoms with Crippen LogP contribution in [0.2, 0.25) is 0 Å². The molecule has 0 radical (unpaired) electrons. The van der Waals surface area contributed by atoms with Crippen molar-refractivity contribution in [3.8, 4) is 0 Å². The van der Waals surface area contributed by atoms with Gasteiger partial charge in [-0.3, -0.25) is 4.79 Å². The van der Waals surface area contributed by atoms with Crippen LogP contribution in [-0.2, 0) is 6.54 Å². The number of rotatable bonds is 6. The van der Waals surface area contributed by atoms with Gasteiger partial charge in [0.15, 0.2) is 0 Å². The molecule has 1 N–H and O–H groups in total.